The number of guanidine groups is 1. The van der Waals surface area contributed by atoms with Crippen LogP contribution in [0.4, 0.5) is 0 Å². The third-order valence-corrected chi connectivity index (χ3v) is 6.90. The van der Waals surface area contributed by atoms with E-state index in [1.54, 1.807) is 18.4 Å². The molecule has 6 nitrogen and oxygen atoms in total. The number of rotatable bonds is 9. The third kappa shape index (κ3) is 7.68. The van der Waals surface area contributed by atoms with E-state index in [2.05, 4.69) is 27.5 Å². The number of hydrogen-bond acceptors (Lipinski definition) is 5. The summed E-state index contributed by atoms with van der Waals surface area (Å²) in [6.45, 7) is 5.40. The van der Waals surface area contributed by atoms with Crippen molar-refractivity contribution in [2.75, 3.05) is 25.9 Å². The summed E-state index contributed by atoms with van der Waals surface area (Å²) in [6, 6.07) is 9.28. The molecule has 2 rings (SSSR count). The van der Waals surface area contributed by atoms with Gasteiger partial charge in [0.25, 0.3) is 0 Å². The highest BCUT2D eigenvalue weighted by atomic mass is 32.2. The maximum Gasteiger partial charge on any atom is 0.190 e. The van der Waals surface area contributed by atoms with Gasteiger partial charge in [-0.05, 0) is 25.8 Å². The molecule has 1 aromatic carbocycles. The van der Waals surface area contributed by atoms with Gasteiger partial charge in [-0.2, -0.15) is 0 Å². The number of thiazole rings is 1. The van der Waals surface area contributed by atoms with Gasteiger partial charge in [0.2, 0.25) is 0 Å². The van der Waals surface area contributed by atoms with E-state index in [-0.39, 0.29) is 11.5 Å². The minimum Gasteiger partial charge on any atom is -0.356 e. The van der Waals surface area contributed by atoms with Crippen LogP contribution in [0.5, 0.6) is 0 Å². The molecule has 0 fully saturated rings. The van der Waals surface area contributed by atoms with Gasteiger partial charge in [-0.1, -0.05) is 30.3 Å². The second-order valence-corrected chi connectivity index (χ2v) is 9.83. The predicted octanol–water partition coefficient (Wildman–Crippen LogP) is 2.47. The van der Waals surface area contributed by atoms with E-state index in [1.165, 1.54) is 4.88 Å². The molecule has 0 aliphatic heterocycles. The lowest BCUT2D eigenvalue weighted by Crippen LogP contribution is -2.39. The molecule has 0 aliphatic carbocycles. The first-order chi connectivity index (χ1) is 12.9. The van der Waals surface area contributed by atoms with Gasteiger partial charge in [-0.3, -0.25) is 4.99 Å². The normalized spacial score (nSPS) is 12.2. The Morgan fingerprint density at radius 3 is 2.48 bits per heavy atom. The molecule has 2 aromatic rings. The van der Waals surface area contributed by atoms with Crippen molar-refractivity contribution in [1.82, 2.24) is 15.6 Å². The lowest BCUT2D eigenvalue weighted by Gasteiger charge is -2.11. The Hall–Kier alpha value is -1.93. The highest BCUT2D eigenvalue weighted by Crippen LogP contribution is 2.16. The first-order valence-corrected chi connectivity index (χ1v) is 11.6. The molecule has 0 saturated heterocycles. The van der Waals surface area contributed by atoms with Gasteiger partial charge in [0.1, 0.15) is 0 Å². The topological polar surface area (TPSA) is 83.5 Å². The van der Waals surface area contributed by atoms with Crippen LogP contribution in [0.1, 0.15) is 27.6 Å². The lowest BCUT2D eigenvalue weighted by atomic mass is 10.2. The number of hydrogen-bond donors (Lipinski definition) is 2. The smallest absolute Gasteiger partial charge is 0.190 e. The van der Waals surface area contributed by atoms with Crippen LogP contribution in [0, 0.1) is 13.8 Å². The summed E-state index contributed by atoms with van der Waals surface area (Å²) in [6.07, 6.45) is 1.38. The van der Waals surface area contributed by atoms with Crippen LogP contribution in [0.3, 0.4) is 0 Å². The van der Waals surface area contributed by atoms with Gasteiger partial charge >= 0.3 is 0 Å². The fraction of sp³-hybridized carbons (Fsp3) is 0.474. The van der Waals surface area contributed by atoms with E-state index >= 15 is 0 Å². The molecule has 148 valence electrons. The first-order valence-electron chi connectivity index (χ1n) is 9.01. The Labute approximate surface area is 166 Å². The third-order valence-electron chi connectivity index (χ3n) is 4.08. The van der Waals surface area contributed by atoms with Crippen molar-refractivity contribution in [3.05, 3.63) is 51.5 Å². The van der Waals surface area contributed by atoms with Crippen molar-refractivity contribution in [1.29, 1.82) is 0 Å². The molecule has 0 aliphatic rings. The fourth-order valence-corrected chi connectivity index (χ4v) is 4.92. The maximum absolute atomic E-state index is 12.2. The van der Waals surface area contributed by atoms with Crippen molar-refractivity contribution >= 4 is 27.1 Å². The summed E-state index contributed by atoms with van der Waals surface area (Å²) >= 11 is 1.72. The van der Waals surface area contributed by atoms with Crippen molar-refractivity contribution in [2.45, 2.75) is 32.4 Å². The number of sulfone groups is 1. The monoisotopic (exact) mass is 408 g/mol. The fourth-order valence-electron chi connectivity index (χ4n) is 2.55. The Morgan fingerprint density at radius 2 is 1.85 bits per heavy atom. The molecule has 0 amide bonds. The first kappa shape index (κ1) is 21.4. The van der Waals surface area contributed by atoms with Gasteiger partial charge in [-0.25, -0.2) is 13.4 Å². The van der Waals surface area contributed by atoms with E-state index in [1.807, 2.05) is 37.3 Å². The Bertz CT molecular complexity index is 826. The minimum atomic E-state index is -3.10. The van der Waals surface area contributed by atoms with Crippen LogP contribution in [-0.4, -0.2) is 45.3 Å². The number of aliphatic imine (C=N–C) groups is 1. The van der Waals surface area contributed by atoms with Gasteiger partial charge in [0, 0.05) is 31.4 Å². The lowest BCUT2D eigenvalue weighted by molar-refractivity contribution is 0.591. The van der Waals surface area contributed by atoms with Gasteiger partial charge in [-0.15, -0.1) is 11.3 Å². The van der Waals surface area contributed by atoms with Crippen LogP contribution >= 0.6 is 11.3 Å². The van der Waals surface area contributed by atoms with Crippen LogP contribution in [0.15, 0.2) is 35.3 Å². The van der Waals surface area contributed by atoms with E-state index < -0.39 is 9.84 Å². The zero-order chi connectivity index (χ0) is 19.7. The summed E-state index contributed by atoms with van der Waals surface area (Å²) in [4.78, 5) is 9.95. The summed E-state index contributed by atoms with van der Waals surface area (Å²) in [5, 5.41) is 7.52. The molecular weight excluding hydrogens is 380 g/mol. The predicted molar refractivity (Wildman–Crippen MR) is 113 cm³/mol. The van der Waals surface area contributed by atoms with Crippen molar-refractivity contribution in [3.63, 3.8) is 0 Å². The molecule has 1 heterocycles. The minimum absolute atomic E-state index is 0.0907. The summed E-state index contributed by atoms with van der Waals surface area (Å²) < 4.78 is 24.4. The van der Waals surface area contributed by atoms with Gasteiger partial charge in [0.05, 0.1) is 22.2 Å². The Balaban J connectivity index is 1.67. The molecule has 0 atom stereocenters. The molecule has 0 spiro atoms. The molecule has 0 unspecified atom stereocenters. The molecule has 0 bridgehead atoms. The van der Waals surface area contributed by atoms with Crippen LogP contribution in [-0.2, 0) is 22.0 Å². The highest BCUT2D eigenvalue weighted by molar-refractivity contribution is 7.90. The quantitative estimate of drug-likeness (QED) is 0.378. The van der Waals surface area contributed by atoms with Crippen LogP contribution < -0.4 is 10.6 Å². The van der Waals surface area contributed by atoms with Crippen LogP contribution in [0.2, 0.25) is 0 Å². The number of benzene rings is 1. The largest absolute Gasteiger partial charge is 0.356 e. The van der Waals surface area contributed by atoms with Crippen molar-refractivity contribution in [3.8, 4) is 0 Å². The summed E-state index contributed by atoms with van der Waals surface area (Å²) in [7, 11) is -1.39. The van der Waals surface area contributed by atoms with E-state index in [9.17, 15) is 8.42 Å². The number of aryl methyl sites for hydroxylation is 2. The average molecular weight is 409 g/mol. The average Bonchev–Trinajstić information content (AvgIpc) is 2.95. The molecule has 27 heavy (non-hydrogen) atoms. The van der Waals surface area contributed by atoms with E-state index in [0.29, 0.717) is 18.9 Å². The number of aromatic nitrogens is 1. The van der Waals surface area contributed by atoms with Crippen molar-refractivity contribution in [2.24, 2.45) is 4.99 Å². The van der Waals surface area contributed by atoms with Crippen molar-refractivity contribution < 1.29 is 8.42 Å². The molecule has 2 N–H and O–H groups in total. The van der Waals surface area contributed by atoms with Gasteiger partial charge < -0.3 is 10.6 Å². The Kier molecular flexibility index (Phi) is 8.24. The molecular formula is C19H28N4O2S2. The second-order valence-electron chi connectivity index (χ2n) is 6.36. The zero-order valence-corrected chi connectivity index (χ0v) is 17.8. The number of nitrogens with zero attached hydrogens (tertiary/aromatic N) is 2. The maximum atomic E-state index is 12.2. The second kappa shape index (κ2) is 10.4. The summed E-state index contributed by atoms with van der Waals surface area (Å²) in [5.74, 6) is 0.928. The molecule has 1 aromatic heterocycles. The highest BCUT2D eigenvalue weighted by Gasteiger charge is 2.11. The van der Waals surface area contributed by atoms with Gasteiger partial charge in [0.15, 0.2) is 15.8 Å². The molecule has 8 heteroatoms. The Morgan fingerprint density at radius 1 is 1.15 bits per heavy atom. The standard InChI is InChI=1S/C19H28N4O2S2/c1-15-16(2)26-18(23-15)10-12-22-19(20-3)21-11-7-13-27(24,25)14-17-8-5-4-6-9-17/h4-6,8-9H,7,10-14H2,1-3H3,(H2,20,21,22). The van der Waals surface area contributed by atoms with E-state index in [4.69, 9.17) is 0 Å². The van der Waals surface area contributed by atoms with E-state index in [0.717, 1.165) is 29.2 Å². The molecule has 0 radical (unpaired) electrons. The summed E-state index contributed by atoms with van der Waals surface area (Å²) in [5.41, 5.74) is 1.92. The molecule has 0 saturated carbocycles. The van der Waals surface area contributed by atoms with Crippen LogP contribution in [0.25, 0.3) is 0 Å². The zero-order valence-electron chi connectivity index (χ0n) is 16.2. The number of nitrogens with one attached hydrogen (secondary N) is 2. The SMILES string of the molecule is CN=C(NCCCS(=O)(=O)Cc1ccccc1)NCCc1nc(C)c(C)s1.